The average Bonchev–Trinajstić information content (AvgIpc) is 2.84. The van der Waals surface area contributed by atoms with E-state index in [4.69, 9.17) is 9.47 Å². The zero-order chi connectivity index (χ0) is 26.3. The van der Waals surface area contributed by atoms with Gasteiger partial charge in [0, 0.05) is 31.9 Å². The van der Waals surface area contributed by atoms with Crippen LogP contribution in [-0.4, -0.2) is 69.0 Å². The van der Waals surface area contributed by atoms with Gasteiger partial charge in [-0.15, -0.1) is 0 Å². The van der Waals surface area contributed by atoms with Gasteiger partial charge >= 0.3 is 12.1 Å². The number of benzene rings is 2. The van der Waals surface area contributed by atoms with E-state index in [1.165, 1.54) is 35.0 Å². The van der Waals surface area contributed by atoms with Gasteiger partial charge in [0.25, 0.3) is 5.91 Å². The molecule has 0 N–H and O–H groups in total. The average molecular weight is 509 g/mol. The summed E-state index contributed by atoms with van der Waals surface area (Å²) in [6.45, 7) is 7.02. The summed E-state index contributed by atoms with van der Waals surface area (Å²) in [4.78, 5) is 28.5. The Morgan fingerprint density at radius 1 is 0.972 bits per heavy atom. The summed E-state index contributed by atoms with van der Waals surface area (Å²) in [6.07, 6.45) is -4.93. The number of ether oxygens (including phenoxy) is 3. The maximum Gasteiger partial charge on any atom is 0.422 e. The van der Waals surface area contributed by atoms with Crippen LogP contribution in [0.15, 0.2) is 36.4 Å². The van der Waals surface area contributed by atoms with E-state index in [1.807, 2.05) is 6.07 Å². The molecule has 1 aliphatic rings. The number of rotatable bonds is 9. The summed E-state index contributed by atoms with van der Waals surface area (Å²) in [7, 11) is 0. The van der Waals surface area contributed by atoms with Crippen molar-refractivity contribution >= 4 is 17.6 Å². The van der Waals surface area contributed by atoms with Gasteiger partial charge in [0.05, 0.1) is 13.0 Å². The van der Waals surface area contributed by atoms with Crippen LogP contribution in [0.25, 0.3) is 0 Å². The molecule has 2 aromatic carbocycles. The lowest BCUT2D eigenvalue weighted by Gasteiger charge is -2.37. The Morgan fingerprint density at radius 2 is 1.69 bits per heavy atom. The third-order valence-corrected chi connectivity index (χ3v) is 5.95. The lowest BCUT2D eigenvalue weighted by Crippen LogP contribution is -2.50. The first-order valence-electron chi connectivity index (χ1n) is 11.8. The molecule has 10 heteroatoms. The monoisotopic (exact) mass is 508 g/mol. The van der Waals surface area contributed by atoms with Gasteiger partial charge in [-0.25, -0.2) is 0 Å². The molecule has 0 bridgehead atoms. The summed E-state index contributed by atoms with van der Waals surface area (Å²) >= 11 is 0. The molecule has 196 valence electrons. The summed E-state index contributed by atoms with van der Waals surface area (Å²) < 4.78 is 52.2. The molecule has 0 radical (unpaired) electrons. The standard InChI is InChI=1S/C26H31F3N2O5/c1-4-34-23-14-20(15-25(33)36-17-26(27,28)29)8-9-22(23)35-16-24(32)31-12-10-30(11-13-31)21-7-5-6-18(2)19(21)3/h5-9,14H,4,10-13,15-17H2,1-3H3. The number of esters is 1. The maximum absolute atomic E-state index is 12.8. The number of aryl methyl sites for hydroxylation is 1. The van der Waals surface area contributed by atoms with Crippen molar-refractivity contribution in [1.29, 1.82) is 0 Å². The fourth-order valence-corrected chi connectivity index (χ4v) is 3.94. The Morgan fingerprint density at radius 3 is 2.36 bits per heavy atom. The van der Waals surface area contributed by atoms with Crippen molar-refractivity contribution in [3.63, 3.8) is 0 Å². The van der Waals surface area contributed by atoms with Gasteiger partial charge in [-0.1, -0.05) is 18.2 Å². The Bertz CT molecular complexity index is 1070. The Hall–Kier alpha value is -3.43. The van der Waals surface area contributed by atoms with Crippen LogP contribution < -0.4 is 14.4 Å². The zero-order valence-corrected chi connectivity index (χ0v) is 20.7. The summed E-state index contributed by atoms with van der Waals surface area (Å²) in [5.74, 6) is -0.547. The second kappa shape index (κ2) is 12.0. The number of piperazine rings is 1. The van der Waals surface area contributed by atoms with Gasteiger partial charge in [0.15, 0.2) is 24.7 Å². The van der Waals surface area contributed by atoms with Crippen molar-refractivity contribution in [3.8, 4) is 11.5 Å². The minimum atomic E-state index is -4.58. The molecular weight excluding hydrogens is 477 g/mol. The van der Waals surface area contributed by atoms with E-state index in [-0.39, 0.29) is 18.9 Å². The minimum Gasteiger partial charge on any atom is -0.490 e. The van der Waals surface area contributed by atoms with Crippen LogP contribution in [0.2, 0.25) is 0 Å². The quantitative estimate of drug-likeness (QED) is 0.476. The van der Waals surface area contributed by atoms with Crippen LogP contribution in [0, 0.1) is 13.8 Å². The lowest BCUT2D eigenvalue weighted by atomic mass is 10.1. The van der Waals surface area contributed by atoms with Gasteiger partial charge < -0.3 is 24.0 Å². The van der Waals surface area contributed by atoms with Gasteiger partial charge in [-0.3, -0.25) is 9.59 Å². The molecule has 2 aromatic rings. The van der Waals surface area contributed by atoms with Crippen LogP contribution in [0.1, 0.15) is 23.6 Å². The fourth-order valence-electron chi connectivity index (χ4n) is 3.94. The summed E-state index contributed by atoms with van der Waals surface area (Å²) in [5.41, 5.74) is 4.06. The van der Waals surface area contributed by atoms with Gasteiger partial charge in [-0.2, -0.15) is 13.2 Å². The first-order chi connectivity index (χ1) is 17.1. The SMILES string of the molecule is CCOc1cc(CC(=O)OCC(F)(F)F)ccc1OCC(=O)N1CCN(c2cccc(C)c2C)CC1. The van der Waals surface area contributed by atoms with E-state index in [9.17, 15) is 22.8 Å². The molecule has 0 spiro atoms. The molecule has 0 saturated carbocycles. The molecule has 3 rings (SSSR count). The molecular formula is C26H31F3N2O5. The van der Waals surface area contributed by atoms with E-state index in [0.717, 1.165) is 13.1 Å². The number of hydrogen-bond acceptors (Lipinski definition) is 6. The first kappa shape index (κ1) is 27.2. The largest absolute Gasteiger partial charge is 0.490 e. The second-order valence-electron chi connectivity index (χ2n) is 8.54. The molecule has 7 nitrogen and oxygen atoms in total. The van der Waals surface area contributed by atoms with E-state index in [1.54, 1.807) is 11.8 Å². The van der Waals surface area contributed by atoms with Gasteiger partial charge in [0.1, 0.15) is 0 Å². The molecule has 0 aromatic heterocycles. The number of carbonyl (C=O) groups excluding carboxylic acids is 2. The van der Waals surface area contributed by atoms with Crippen molar-refractivity contribution in [3.05, 3.63) is 53.1 Å². The number of amides is 1. The third kappa shape index (κ3) is 7.53. The van der Waals surface area contributed by atoms with Crippen LogP contribution in [0.3, 0.4) is 0 Å². The normalized spacial score (nSPS) is 13.9. The highest BCUT2D eigenvalue weighted by molar-refractivity contribution is 5.78. The molecule has 1 saturated heterocycles. The topological polar surface area (TPSA) is 68.3 Å². The number of alkyl halides is 3. The molecule has 0 aliphatic carbocycles. The third-order valence-electron chi connectivity index (χ3n) is 5.95. The fraction of sp³-hybridized carbons (Fsp3) is 0.462. The van der Waals surface area contributed by atoms with E-state index in [0.29, 0.717) is 36.8 Å². The van der Waals surface area contributed by atoms with Crippen LogP contribution in [0.5, 0.6) is 11.5 Å². The smallest absolute Gasteiger partial charge is 0.422 e. The van der Waals surface area contributed by atoms with Gasteiger partial charge in [0.2, 0.25) is 0 Å². The predicted molar refractivity (Wildman–Crippen MR) is 129 cm³/mol. The predicted octanol–water partition coefficient (Wildman–Crippen LogP) is 4.08. The van der Waals surface area contributed by atoms with Crippen LogP contribution in [0.4, 0.5) is 18.9 Å². The highest BCUT2D eigenvalue weighted by Gasteiger charge is 2.29. The minimum absolute atomic E-state index is 0.155. The molecule has 1 amide bonds. The number of nitrogens with zero attached hydrogens (tertiary/aromatic N) is 2. The molecule has 0 unspecified atom stereocenters. The van der Waals surface area contributed by atoms with Crippen LogP contribution >= 0.6 is 0 Å². The Labute approximate surface area is 208 Å². The number of halogens is 3. The lowest BCUT2D eigenvalue weighted by molar-refractivity contribution is -0.185. The van der Waals surface area contributed by atoms with Crippen molar-refractivity contribution in [2.24, 2.45) is 0 Å². The number of anilines is 1. The Kier molecular flexibility index (Phi) is 9.06. The molecule has 1 aliphatic heterocycles. The summed E-state index contributed by atoms with van der Waals surface area (Å²) in [5, 5.41) is 0. The molecule has 1 heterocycles. The zero-order valence-electron chi connectivity index (χ0n) is 20.7. The van der Waals surface area contributed by atoms with E-state index >= 15 is 0 Å². The molecule has 1 fully saturated rings. The second-order valence-corrected chi connectivity index (χ2v) is 8.54. The van der Waals surface area contributed by atoms with Crippen molar-refractivity contribution in [1.82, 2.24) is 4.90 Å². The number of hydrogen-bond donors (Lipinski definition) is 0. The number of carbonyl (C=O) groups is 2. The van der Waals surface area contributed by atoms with Crippen molar-refractivity contribution in [2.75, 3.05) is 50.9 Å². The van der Waals surface area contributed by atoms with Gasteiger partial charge in [-0.05, 0) is 55.7 Å². The highest BCUT2D eigenvalue weighted by atomic mass is 19.4. The molecule has 36 heavy (non-hydrogen) atoms. The van der Waals surface area contributed by atoms with Crippen LogP contribution in [-0.2, 0) is 20.7 Å². The van der Waals surface area contributed by atoms with E-state index in [2.05, 4.69) is 35.6 Å². The maximum atomic E-state index is 12.8. The first-order valence-corrected chi connectivity index (χ1v) is 11.8. The molecule has 0 atom stereocenters. The van der Waals surface area contributed by atoms with Crippen molar-refractivity contribution in [2.45, 2.75) is 33.4 Å². The highest BCUT2D eigenvalue weighted by Crippen LogP contribution is 2.29. The Balaban J connectivity index is 1.54. The van der Waals surface area contributed by atoms with Crippen molar-refractivity contribution < 1.29 is 37.0 Å². The summed E-state index contributed by atoms with van der Waals surface area (Å²) in [6, 6.07) is 10.8. The van der Waals surface area contributed by atoms with E-state index < -0.39 is 18.8 Å².